The number of ether oxygens (including phenoxy) is 2. The Morgan fingerprint density at radius 3 is 1.84 bits per heavy atom. The molecule has 1 unspecified atom stereocenters. The molecule has 0 radical (unpaired) electrons. The summed E-state index contributed by atoms with van der Waals surface area (Å²) in [6.07, 6.45) is 4.15. The van der Waals surface area contributed by atoms with Gasteiger partial charge in [-0.2, -0.15) is 0 Å². The van der Waals surface area contributed by atoms with E-state index in [0.29, 0.717) is 43.2 Å². The first-order valence-electron chi connectivity index (χ1n) is 15.4. The van der Waals surface area contributed by atoms with E-state index in [-0.39, 0.29) is 48.6 Å². The maximum atomic E-state index is 13.4. The molecule has 1 N–H and O–H groups in total. The first-order chi connectivity index (χ1) is 21.5. The van der Waals surface area contributed by atoms with Crippen LogP contribution in [-0.4, -0.2) is 54.6 Å². The van der Waals surface area contributed by atoms with E-state index in [4.69, 9.17) is 14.9 Å². The summed E-state index contributed by atoms with van der Waals surface area (Å²) >= 11 is 0. The van der Waals surface area contributed by atoms with Crippen molar-refractivity contribution in [2.75, 3.05) is 13.7 Å². The molecule has 0 aliphatic heterocycles. The lowest BCUT2D eigenvalue weighted by molar-refractivity contribution is -0.143. The molecule has 1 aliphatic carbocycles. The second-order valence-electron chi connectivity index (χ2n) is 11.2. The minimum Gasteiger partial charge on any atom is -0.469 e. The summed E-state index contributed by atoms with van der Waals surface area (Å²) in [6, 6.07) is 10.7. The van der Waals surface area contributed by atoms with Crippen LogP contribution in [0.25, 0.3) is 11.1 Å². The Balaban J connectivity index is 2.18. The van der Waals surface area contributed by atoms with E-state index in [1.807, 2.05) is 25.1 Å². The number of nitrogens with zero attached hydrogens (tertiary/aromatic N) is 1. The Morgan fingerprint density at radius 2 is 1.33 bits per heavy atom. The highest BCUT2D eigenvalue weighted by Crippen LogP contribution is 2.54. The SMILES string of the molecule is CCCCC(=N)C(=O)c1ccc2c(c1)C(CCCC(=O)OC)(CCCC(=O)OCC)c1cc(C(=O)/C(C)=N/OC(C)=O)ccc1-2. The van der Waals surface area contributed by atoms with Crippen LogP contribution in [0.5, 0.6) is 0 Å². The van der Waals surface area contributed by atoms with Crippen LogP contribution in [-0.2, 0) is 34.1 Å². The second-order valence-corrected chi connectivity index (χ2v) is 11.2. The van der Waals surface area contributed by atoms with E-state index in [1.54, 1.807) is 25.1 Å². The van der Waals surface area contributed by atoms with Crippen LogP contribution in [0.1, 0.15) is 117 Å². The zero-order valence-corrected chi connectivity index (χ0v) is 26.7. The van der Waals surface area contributed by atoms with Gasteiger partial charge in [-0.25, -0.2) is 4.79 Å². The Bertz CT molecular complexity index is 1510. The minimum atomic E-state index is -0.774. The fraction of sp³-hybridized carbons (Fsp3) is 0.457. The van der Waals surface area contributed by atoms with Gasteiger partial charge >= 0.3 is 17.9 Å². The Morgan fingerprint density at radius 1 is 0.778 bits per heavy atom. The van der Waals surface area contributed by atoms with Crippen LogP contribution in [0.3, 0.4) is 0 Å². The Kier molecular flexibility index (Phi) is 12.5. The second kappa shape index (κ2) is 16.0. The minimum absolute atomic E-state index is 0.00209. The Labute approximate surface area is 264 Å². The molecule has 10 nitrogen and oxygen atoms in total. The highest BCUT2D eigenvalue weighted by Gasteiger charge is 2.43. The average molecular weight is 619 g/mol. The van der Waals surface area contributed by atoms with Crippen LogP contribution in [0.4, 0.5) is 0 Å². The predicted octanol–water partition coefficient (Wildman–Crippen LogP) is 6.54. The number of esters is 2. The molecular weight excluding hydrogens is 576 g/mol. The summed E-state index contributed by atoms with van der Waals surface area (Å²) in [7, 11) is 1.33. The van der Waals surface area contributed by atoms with Crippen molar-refractivity contribution in [3.05, 3.63) is 58.7 Å². The van der Waals surface area contributed by atoms with Gasteiger partial charge < -0.3 is 19.7 Å². The monoisotopic (exact) mass is 618 g/mol. The van der Waals surface area contributed by atoms with Crippen LogP contribution in [0, 0.1) is 5.41 Å². The molecule has 0 amide bonds. The smallest absolute Gasteiger partial charge is 0.331 e. The molecule has 0 fully saturated rings. The number of benzene rings is 2. The summed E-state index contributed by atoms with van der Waals surface area (Å²) in [4.78, 5) is 67.1. The molecule has 45 heavy (non-hydrogen) atoms. The van der Waals surface area contributed by atoms with E-state index in [2.05, 4.69) is 9.99 Å². The first-order valence-corrected chi connectivity index (χ1v) is 15.4. The zero-order valence-electron chi connectivity index (χ0n) is 26.7. The average Bonchev–Trinajstić information content (AvgIpc) is 3.29. The lowest BCUT2D eigenvalue weighted by Gasteiger charge is -2.33. The number of fused-ring (bicyclic) bond motifs is 3. The van der Waals surface area contributed by atoms with Crippen molar-refractivity contribution in [1.29, 1.82) is 5.41 Å². The summed E-state index contributed by atoms with van der Waals surface area (Å²) in [5.41, 5.74) is 3.40. The van der Waals surface area contributed by atoms with Gasteiger partial charge in [0.15, 0.2) is 0 Å². The van der Waals surface area contributed by atoms with Crippen molar-refractivity contribution in [2.24, 2.45) is 5.16 Å². The number of Topliss-reactive ketones (excluding diaryl/α,β-unsaturated/α-hetero) is 2. The van der Waals surface area contributed by atoms with Crippen molar-refractivity contribution in [3.8, 4) is 11.1 Å². The maximum Gasteiger partial charge on any atom is 0.331 e. The van der Waals surface area contributed by atoms with E-state index in [1.165, 1.54) is 21.0 Å². The molecule has 1 aliphatic rings. The molecule has 0 heterocycles. The summed E-state index contributed by atoms with van der Waals surface area (Å²) in [6.45, 7) is 6.67. The molecule has 2 aromatic rings. The van der Waals surface area contributed by atoms with Gasteiger partial charge in [-0.15, -0.1) is 0 Å². The third kappa shape index (κ3) is 8.38. The predicted molar refractivity (Wildman–Crippen MR) is 170 cm³/mol. The number of oxime groups is 1. The number of hydrogen-bond acceptors (Lipinski definition) is 10. The van der Waals surface area contributed by atoms with Gasteiger partial charge in [-0.1, -0.05) is 42.8 Å². The number of unbranched alkanes of at least 4 members (excludes halogenated alkanes) is 1. The molecule has 0 aromatic heterocycles. The van der Waals surface area contributed by atoms with Gasteiger partial charge in [0.1, 0.15) is 5.71 Å². The molecule has 3 rings (SSSR count). The van der Waals surface area contributed by atoms with E-state index in [0.717, 1.165) is 35.1 Å². The van der Waals surface area contributed by atoms with Crippen molar-refractivity contribution >= 4 is 40.9 Å². The highest BCUT2D eigenvalue weighted by molar-refractivity contribution is 6.45. The number of hydrogen-bond donors (Lipinski definition) is 1. The third-order valence-corrected chi connectivity index (χ3v) is 8.08. The number of rotatable bonds is 17. The van der Waals surface area contributed by atoms with Gasteiger partial charge in [-0.3, -0.25) is 19.2 Å². The molecule has 1 atom stereocenters. The van der Waals surface area contributed by atoms with Gasteiger partial charge in [0.25, 0.3) is 0 Å². The summed E-state index contributed by atoms with van der Waals surface area (Å²) in [5.74, 6) is -2.10. The molecule has 0 bridgehead atoms. The molecule has 0 saturated carbocycles. The number of ketones is 2. The molecule has 0 spiro atoms. The maximum absolute atomic E-state index is 13.4. The molecule has 2 aromatic carbocycles. The van der Waals surface area contributed by atoms with Gasteiger partial charge in [-0.05, 0) is 86.8 Å². The van der Waals surface area contributed by atoms with Crippen LogP contribution in [0.15, 0.2) is 41.6 Å². The third-order valence-electron chi connectivity index (χ3n) is 8.08. The number of carbonyl (C=O) groups excluding carboxylic acids is 5. The van der Waals surface area contributed by atoms with Crippen molar-refractivity contribution in [2.45, 2.75) is 90.9 Å². The summed E-state index contributed by atoms with van der Waals surface area (Å²) < 4.78 is 10.1. The fourth-order valence-corrected chi connectivity index (χ4v) is 5.87. The van der Waals surface area contributed by atoms with E-state index < -0.39 is 17.2 Å². The van der Waals surface area contributed by atoms with Crippen molar-refractivity contribution in [1.82, 2.24) is 0 Å². The quantitative estimate of drug-likeness (QED) is 0.0690. The summed E-state index contributed by atoms with van der Waals surface area (Å²) in [5, 5.41) is 12.0. The van der Waals surface area contributed by atoms with E-state index >= 15 is 0 Å². The van der Waals surface area contributed by atoms with Gasteiger partial charge in [0, 0.05) is 36.3 Å². The number of carbonyl (C=O) groups is 5. The molecule has 10 heteroatoms. The fourth-order valence-electron chi connectivity index (χ4n) is 5.87. The largest absolute Gasteiger partial charge is 0.469 e. The number of nitrogens with one attached hydrogen (secondary N) is 1. The van der Waals surface area contributed by atoms with E-state index in [9.17, 15) is 24.0 Å². The van der Waals surface area contributed by atoms with Crippen LogP contribution < -0.4 is 0 Å². The number of methoxy groups -OCH3 is 1. The van der Waals surface area contributed by atoms with Gasteiger partial charge in [0.05, 0.1) is 19.4 Å². The first kappa shape index (κ1) is 35.0. The lowest BCUT2D eigenvalue weighted by atomic mass is 9.70. The normalized spacial score (nSPS) is 15.1. The highest BCUT2D eigenvalue weighted by atomic mass is 16.7. The van der Waals surface area contributed by atoms with Gasteiger partial charge in [0.2, 0.25) is 11.6 Å². The van der Waals surface area contributed by atoms with Crippen LogP contribution >= 0.6 is 0 Å². The Hall–Kier alpha value is -4.47. The van der Waals surface area contributed by atoms with Crippen LogP contribution in [0.2, 0.25) is 0 Å². The van der Waals surface area contributed by atoms with Crippen molar-refractivity contribution in [3.63, 3.8) is 0 Å². The molecular formula is C35H42N2O8. The molecule has 240 valence electrons. The topological polar surface area (TPSA) is 149 Å². The molecule has 0 saturated heterocycles. The standard InChI is InChI=1S/C35H42N2O8/c1-6-8-11-30(36)34(42)25-15-17-27-26-16-14-24(33(41)22(3)37-45-23(4)38)20-28(26)35(29(27)21-25,18-9-12-31(39)43-5)19-10-13-32(40)44-7-2/h14-17,20-21,36H,6-13,18-19H2,1-5H3/b36-30?,37-22+. The zero-order chi connectivity index (χ0) is 33.1. The lowest BCUT2D eigenvalue weighted by Crippen LogP contribution is -2.27. The van der Waals surface area contributed by atoms with Crippen molar-refractivity contribution < 1.29 is 38.3 Å².